The maximum Gasteiger partial charge on any atom is 0.263 e. The van der Waals surface area contributed by atoms with E-state index in [2.05, 4.69) is 20.3 Å². The van der Waals surface area contributed by atoms with Gasteiger partial charge in [-0.3, -0.25) is 14.9 Å². The van der Waals surface area contributed by atoms with Crippen LogP contribution in [0, 0.1) is 13.8 Å². The Bertz CT molecular complexity index is 676. The lowest BCUT2D eigenvalue weighted by molar-refractivity contribution is 0.102. The molecule has 6 nitrogen and oxygen atoms in total. The summed E-state index contributed by atoms with van der Waals surface area (Å²) in [6.07, 6.45) is 0. The summed E-state index contributed by atoms with van der Waals surface area (Å²) < 4.78 is 0. The van der Waals surface area contributed by atoms with Crippen LogP contribution in [0.4, 0.5) is 5.95 Å². The van der Waals surface area contributed by atoms with Crippen LogP contribution in [0.3, 0.4) is 0 Å². The first-order valence-corrected chi connectivity index (χ1v) is 5.86. The molecule has 0 radical (unpaired) electrons. The predicted octanol–water partition coefficient (Wildman–Crippen LogP) is 1.69. The van der Waals surface area contributed by atoms with Gasteiger partial charge in [-0.1, -0.05) is 11.6 Å². The molecule has 98 valence electrons. The van der Waals surface area contributed by atoms with Gasteiger partial charge < -0.3 is 4.98 Å². The van der Waals surface area contributed by atoms with Crippen molar-refractivity contribution in [1.82, 2.24) is 15.0 Å². The first-order chi connectivity index (χ1) is 8.95. The second-order valence-electron chi connectivity index (χ2n) is 3.99. The van der Waals surface area contributed by atoms with Crippen LogP contribution in [-0.2, 0) is 0 Å². The zero-order valence-corrected chi connectivity index (χ0v) is 11.1. The number of hydrogen-bond acceptors (Lipinski definition) is 4. The van der Waals surface area contributed by atoms with E-state index in [9.17, 15) is 9.59 Å². The van der Waals surface area contributed by atoms with Gasteiger partial charge in [0.2, 0.25) is 5.95 Å². The summed E-state index contributed by atoms with van der Waals surface area (Å²) in [5.74, 6) is -0.516. The Morgan fingerprint density at radius 1 is 1.32 bits per heavy atom. The number of hydrogen-bond donors (Lipinski definition) is 2. The van der Waals surface area contributed by atoms with Crippen molar-refractivity contribution in [1.29, 1.82) is 0 Å². The third kappa shape index (κ3) is 3.17. The van der Waals surface area contributed by atoms with Crippen LogP contribution in [0.25, 0.3) is 0 Å². The van der Waals surface area contributed by atoms with Crippen LogP contribution in [0.2, 0.25) is 5.15 Å². The number of aromatic nitrogens is 3. The lowest BCUT2D eigenvalue weighted by Crippen LogP contribution is -2.24. The number of aryl methyl sites for hydroxylation is 2. The second kappa shape index (κ2) is 5.19. The van der Waals surface area contributed by atoms with Gasteiger partial charge >= 0.3 is 0 Å². The number of anilines is 1. The number of nitrogens with one attached hydrogen (secondary N) is 2. The fourth-order valence-electron chi connectivity index (χ4n) is 1.51. The van der Waals surface area contributed by atoms with E-state index in [4.69, 9.17) is 11.6 Å². The molecule has 2 aromatic heterocycles. The van der Waals surface area contributed by atoms with Gasteiger partial charge in [0.05, 0.1) is 0 Å². The van der Waals surface area contributed by atoms with Crippen molar-refractivity contribution < 1.29 is 4.79 Å². The van der Waals surface area contributed by atoms with Gasteiger partial charge in [-0.25, -0.2) is 9.97 Å². The Labute approximate surface area is 113 Å². The van der Waals surface area contributed by atoms with Gasteiger partial charge in [-0.15, -0.1) is 0 Å². The number of amides is 1. The highest BCUT2D eigenvalue weighted by atomic mass is 35.5. The van der Waals surface area contributed by atoms with E-state index in [1.807, 2.05) is 0 Å². The molecule has 0 bridgehead atoms. The summed E-state index contributed by atoms with van der Waals surface area (Å²) in [6.45, 7) is 3.45. The van der Waals surface area contributed by atoms with Crippen molar-refractivity contribution in [3.63, 3.8) is 0 Å². The van der Waals surface area contributed by atoms with Crippen LogP contribution in [-0.4, -0.2) is 20.9 Å². The highest BCUT2D eigenvalue weighted by molar-refractivity contribution is 6.29. The van der Waals surface area contributed by atoms with E-state index < -0.39 is 11.5 Å². The normalized spacial score (nSPS) is 10.3. The minimum atomic E-state index is -0.581. The molecule has 7 heteroatoms. The zero-order valence-electron chi connectivity index (χ0n) is 10.3. The third-order valence-corrected chi connectivity index (χ3v) is 2.54. The van der Waals surface area contributed by atoms with Crippen molar-refractivity contribution in [2.45, 2.75) is 13.8 Å². The summed E-state index contributed by atoms with van der Waals surface area (Å²) >= 11 is 5.76. The maximum atomic E-state index is 11.9. The smallest absolute Gasteiger partial charge is 0.263 e. The summed E-state index contributed by atoms with van der Waals surface area (Å²) in [4.78, 5) is 33.9. The van der Waals surface area contributed by atoms with E-state index in [1.165, 1.54) is 6.07 Å². The van der Waals surface area contributed by atoms with E-state index in [-0.39, 0.29) is 16.7 Å². The molecular formula is C12H11ClN4O2. The van der Waals surface area contributed by atoms with Crippen LogP contribution >= 0.6 is 11.6 Å². The summed E-state index contributed by atoms with van der Waals surface area (Å²) in [6, 6.07) is 4.65. The molecular weight excluding hydrogens is 268 g/mol. The van der Waals surface area contributed by atoms with Crippen LogP contribution in [0.1, 0.15) is 21.7 Å². The molecule has 0 aliphatic rings. The average Bonchev–Trinajstić information content (AvgIpc) is 2.26. The van der Waals surface area contributed by atoms with Crippen LogP contribution in [0.15, 0.2) is 23.0 Å². The van der Waals surface area contributed by atoms with Crippen molar-refractivity contribution in [3.05, 3.63) is 50.7 Å². The molecule has 2 rings (SSSR count). The molecule has 0 unspecified atom stereocenters. The Hall–Kier alpha value is -2.21. The number of carbonyl (C=O) groups is 1. The van der Waals surface area contributed by atoms with Gasteiger partial charge in [0.1, 0.15) is 10.7 Å². The second-order valence-corrected chi connectivity index (χ2v) is 4.38. The topological polar surface area (TPSA) is 87.7 Å². The Balaban J connectivity index is 2.28. The Morgan fingerprint density at radius 3 is 2.68 bits per heavy atom. The molecule has 0 aliphatic heterocycles. The maximum absolute atomic E-state index is 11.9. The van der Waals surface area contributed by atoms with Gasteiger partial charge in [0, 0.05) is 11.4 Å². The Kier molecular flexibility index (Phi) is 3.62. The van der Waals surface area contributed by atoms with Crippen molar-refractivity contribution in [2.24, 2.45) is 0 Å². The minimum absolute atomic E-state index is 0.00757. The molecule has 0 aliphatic carbocycles. The molecule has 0 aromatic carbocycles. The fraction of sp³-hybridized carbons (Fsp3) is 0.167. The van der Waals surface area contributed by atoms with Crippen molar-refractivity contribution in [2.75, 3.05) is 5.32 Å². The summed E-state index contributed by atoms with van der Waals surface area (Å²) in [7, 11) is 0. The SMILES string of the molecule is Cc1cc(Cl)nc(NC(=O)c2ccc(C)[nH]c2=O)n1. The number of rotatable bonds is 2. The number of halogens is 1. The highest BCUT2D eigenvalue weighted by Crippen LogP contribution is 2.10. The largest absolute Gasteiger partial charge is 0.326 e. The highest BCUT2D eigenvalue weighted by Gasteiger charge is 2.12. The van der Waals surface area contributed by atoms with Gasteiger partial charge in [-0.2, -0.15) is 0 Å². The quantitative estimate of drug-likeness (QED) is 0.818. The van der Waals surface area contributed by atoms with E-state index in [0.717, 1.165) is 0 Å². The molecule has 1 amide bonds. The van der Waals surface area contributed by atoms with Crippen molar-refractivity contribution >= 4 is 23.5 Å². The monoisotopic (exact) mass is 278 g/mol. The molecule has 0 atom stereocenters. The number of pyridine rings is 1. The van der Waals surface area contributed by atoms with E-state index in [0.29, 0.717) is 11.4 Å². The molecule has 0 saturated carbocycles. The lowest BCUT2D eigenvalue weighted by atomic mass is 10.2. The van der Waals surface area contributed by atoms with Crippen molar-refractivity contribution in [3.8, 4) is 0 Å². The fourth-order valence-corrected chi connectivity index (χ4v) is 1.74. The zero-order chi connectivity index (χ0) is 14.0. The number of H-pyrrole nitrogens is 1. The summed E-state index contributed by atoms with van der Waals surface area (Å²) in [5, 5.41) is 2.66. The molecule has 0 spiro atoms. The number of aromatic amines is 1. The predicted molar refractivity (Wildman–Crippen MR) is 71.5 cm³/mol. The molecule has 19 heavy (non-hydrogen) atoms. The molecule has 2 heterocycles. The minimum Gasteiger partial charge on any atom is -0.326 e. The standard InChI is InChI=1S/C12H11ClN4O2/c1-6-3-4-8(10(18)14-6)11(19)17-12-15-7(2)5-9(13)16-12/h3-5H,1-2H3,(H,14,18)(H,15,16,17,19). The van der Waals surface area contributed by atoms with E-state index >= 15 is 0 Å². The third-order valence-electron chi connectivity index (χ3n) is 2.35. The number of carbonyl (C=O) groups excluding carboxylic acids is 1. The molecule has 2 N–H and O–H groups in total. The van der Waals surface area contributed by atoms with Gasteiger partial charge in [0.25, 0.3) is 11.5 Å². The molecule has 2 aromatic rings. The van der Waals surface area contributed by atoms with Gasteiger partial charge in [0.15, 0.2) is 0 Å². The molecule has 0 saturated heterocycles. The first-order valence-electron chi connectivity index (χ1n) is 5.48. The van der Waals surface area contributed by atoms with Gasteiger partial charge in [-0.05, 0) is 32.0 Å². The molecule has 0 fully saturated rings. The first kappa shape index (κ1) is 13.2. The van der Waals surface area contributed by atoms with E-state index in [1.54, 1.807) is 26.0 Å². The van der Waals surface area contributed by atoms with Crippen LogP contribution in [0.5, 0.6) is 0 Å². The number of nitrogens with zero attached hydrogens (tertiary/aromatic N) is 2. The Morgan fingerprint density at radius 2 is 2.05 bits per heavy atom. The summed E-state index contributed by atoms with van der Waals surface area (Å²) in [5.41, 5.74) is 0.826. The van der Waals surface area contributed by atoms with Crippen LogP contribution < -0.4 is 10.9 Å². The lowest BCUT2D eigenvalue weighted by Gasteiger charge is -2.04. The average molecular weight is 279 g/mol.